The summed E-state index contributed by atoms with van der Waals surface area (Å²) < 4.78 is 0. The van der Waals surface area contributed by atoms with Crippen LogP contribution in [-0.4, -0.2) is 32.1 Å². The maximum absolute atomic E-state index is 12.1. The predicted octanol–water partition coefficient (Wildman–Crippen LogP) is 5.40. The number of aliphatic hydroxyl groups is 1. The molecule has 2 amide bonds. The van der Waals surface area contributed by atoms with Crippen molar-refractivity contribution in [2.45, 2.75) is 0 Å². The summed E-state index contributed by atoms with van der Waals surface area (Å²) in [5, 5.41) is 27.1. The van der Waals surface area contributed by atoms with Crippen LogP contribution in [0.5, 0.6) is 5.75 Å². The Labute approximate surface area is 187 Å². The van der Waals surface area contributed by atoms with E-state index in [9.17, 15) is 19.8 Å². The van der Waals surface area contributed by atoms with Gasteiger partial charge in [-0.05, 0) is 36.0 Å². The minimum atomic E-state index is -0.711. The molecule has 2 N–H and O–H groups in total. The van der Waals surface area contributed by atoms with E-state index >= 15 is 0 Å². The molecule has 32 heavy (non-hydrogen) atoms. The van der Waals surface area contributed by atoms with Crippen LogP contribution in [0, 0.1) is 0 Å². The van der Waals surface area contributed by atoms with Crippen molar-refractivity contribution in [2.24, 2.45) is 15.2 Å². The number of allylic oxidation sites excluding steroid dienone is 3. The van der Waals surface area contributed by atoms with E-state index in [2.05, 4.69) is 15.2 Å². The van der Waals surface area contributed by atoms with Crippen molar-refractivity contribution >= 4 is 34.5 Å². The minimum absolute atomic E-state index is 0.0260. The van der Waals surface area contributed by atoms with Gasteiger partial charge >= 0.3 is 5.24 Å². The Kier molecular flexibility index (Phi) is 6.09. The Balaban J connectivity index is 1.51. The molecule has 2 heterocycles. The number of aliphatic hydroxyl groups excluding tert-OH is 1. The summed E-state index contributed by atoms with van der Waals surface area (Å²) in [4.78, 5) is 29.9. The average Bonchev–Trinajstić information content (AvgIpc) is 3.19. The summed E-state index contributed by atoms with van der Waals surface area (Å²) >= 11 is 0.855. The third kappa shape index (κ3) is 4.57. The number of hydrogen-bond donors (Lipinski definition) is 2. The molecule has 158 valence electrons. The normalized spacial score (nSPS) is 16.8. The number of para-hydroxylation sites is 1. The molecule has 0 saturated carbocycles. The fourth-order valence-electron chi connectivity index (χ4n) is 2.90. The van der Waals surface area contributed by atoms with Crippen LogP contribution in [0.4, 0.5) is 4.79 Å². The second-order valence-corrected chi connectivity index (χ2v) is 7.54. The van der Waals surface area contributed by atoms with Gasteiger partial charge in [0, 0.05) is 23.5 Å². The third-order valence-corrected chi connectivity index (χ3v) is 5.24. The zero-order valence-electron chi connectivity index (χ0n) is 16.5. The number of benzene rings is 2. The largest absolute Gasteiger partial charge is 0.507 e. The summed E-state index contributed by atoms with van der Waals surface area (Å²) in [6, 6.07) is 15.1. The van der Waals surface area contributed by atoms with E-state index in [0.717, 1.165) is 11.8 Å². The number of hydrogen-bond acceptors (Lipinski definition) is 7. The smallest absolute Gasteiger partial charge is 0.311 e. The number of carbonyl (C=O) groups is 2. The zero-order chi connectivity index (χ0) is 22.5. The molecule has 0 aliphatic carbocycles. The first kappa shape index (κ1) is 21.0. The lowest BCUT2D eigenvalue weighted by molar-refractivity contribution is 0.0992. The summed E-state index contributed by atoms with van der Waals surface area (Å²) in [5.74, 6) is -0.455. The first-order valence-corrected chi connectivity index (χ1v) is 10.2. The van der Waals surface area contributed by atoms with Crippen molar-refractivity contribution in [3.63, 3.8) is 0 Å². The summed E-state index contributed by atoms with van der Waals surface area (Å²) in [6.45, 7) is 0. The number of amidine groups is 1. The molecule has 0 radical (unpaired) electrons. The lowest BCUT2D eigenvalue weighted by Crippen LogP contribution is -2.20. The molecule has 2 aromatic carbocycles. The Hall–Kier alpha value is -4.24. The van der Waals surface area contributed by atoms with Crippen LogP contribution in [0.25, 0.3) is 5.76 Å². The monoisotopic (exact) mass is 444 g/mol. The van der Waals surface area contributed by atoms with Gasteiger partial charge in [-0.25, -0.2) is 0 Å². The van der Waals surface area contributed by atoms with E-state index in [1.54, 1.807) is 53.7 Å². The number of azo groups is 1. The quantitative estimate of drug-likeness (QED) is 0.484. The average molecular weight is 444 g/mol. The third-order valence-electron chi connectivity index (χ3n) is 4.47. The number of amides is 2. The van der Waals surface area contributed by atoms with E-state index in [1.807, 2.05) is 18.2 Å². The first-order valence-electron chi connectivity index (χ1n) is 9.40. The molecular weight excluding hydrogens is 428 g/mol. The fraction of sp³-hybridized carbons (Fsp3) is 0. The van der Waals surface area contributed by atoms with E-state index in [4.69, 9.17) is 0 Å². The van der Waals surface area contributed by atoms with Crippen LogP contribution in [0.1, 0.15) is 15.9 Å². The highest BCUT2D eigenvalue weighted by molar-refractivity contribution is 8.18. The number of phenols is 1. The Morgan fingerprint density at radius 2 is 1.72 bits per heavy atom. The first-order chi connectivity index (χ1) is 15.5. The lowest BCUT2D eigenvalue weighted by atomic mass is 10.1. The Morgan fingerprint density at radius 3 is 2.44 bits per heavy atom. The number of carbonyl (C=O) groups excluding carboxylic acids is 2. The molecule has 0 unspecified atom stereocenters. The fourth-order valence-corrected chi connectivity index (χ4v) is 3.57. The second-order valence-electron chi connectivity index (χ2n) is 6.54. The van der Waals surface area contributed by atoms with Crippen LogP contribution in [0.3, 0.4) is 0 Å². The molecule has 0 bridgehead atoms. The zero-order valence-corrected chi connectivity index (χ0v) is 17.3. The van der Waals surface area contributed by atoms with Gasteiger partial charge in [0.2, 0.25) is 0 Å². The number of thioether (sulfide) groups is 1. The topological polar surface area (TPSA) is 115 Å². The van der Waals surface area contributed by atoms with Crippen molar-refractivity contribution in [3.05, 3.63) is 107 Å². The van der Waals surface area contributed by atoms with Gasteiger partial charge in [0.1, 0.15) is 11.5 Å². The van der Waals surface area contributed by atoms with Crippen molar-refractivity contribution in [1.82, 2.24) is 4.90 Å². The van der Waals surface area contributed by atoms with Gasteiger partial charge < -0.3 is 15.1 Å². The number of aliphatic imine (C=N–C) groups is 1. The standard InChI is InChI=1S/C23H16N4O4S/c28-18-9-5-4-8-17(18)22(30)26-24-14-19-21(25-23(31)32-19)27-12-10-16(11-13-27)20(29)15-6-2-1-3-7-15/h1-14,28-29H. The minimum Gasteiger partial charge on any atom is -0.507 e. The number of phenolic OH excluding ortho intramolecular Hbond substituents is 1. The van der Waals surface area contributed by atoms with Crippen molar-refractivity contribution in [3.8, 4) is 5.75 Å². The summed E-state index contributed by atoms with van der Waals surface area (Å²) in [6.07, 6.45) is 7.97. The molecule has 0 saturated heterocycles. The molecular formula is C23H16N4O4S. The van der Waals surface area contributed by atoms with Crippen molar-refractivity contribution in [1.29, 1.82) is 0 Å². The molecule has 4 rings (SSSR count). The van der Waals surface area contributed by atoms with Gasteiger partial charge in [-0.1, -0.05) is 42.5 Å². The van der Waals surface area contributed by atoms with E-state index in [-0.39, 0.29) is 17.1 Å². The summed E-state index contributed by atoms with van der Waals surface area (Å²) in [5.41, 5.74) is 1.31. The lowest BCUT2D eigenvalue weighted by Gasteiger charge is -2.19. The molecule has 2 aromatic rings. The number of aromatic hydroxyl groups is 1. The van der Waals surface area contributed by atoms with E-state index < -0.39 is 11.1 Å². The summed E-state index contributed by atoms with van der Waals surface area (Å²) in [7, 11) is 0. The molecule has 2 aliphatic rings. The van der Waals surface area contributed by atoms with Gasteiger partial charge in [-0.3, -0.25) is 9.59 Å². The molecule has 9 heteroatoms. The Morgan fingerprint density at radius 1 is 1.03 bits per heavy atom. The second kappa shape index (κ2) is 9.27. The van der Waals surface area contributed by atoms with E-state index in [0.29, 0.717) is 21.9 Å². The molecule has 0 aromatic heterocycles. The Bertz CT molecular complexity index is 1240. The molecule has 0 atom stereocenters. The maximum Gasteiger partial charge on any atom is 0.311 e. The number of rotatable bonds is 3. The molecule has 0 spiro atoms. The van der Waals surface area contributed by atoms with Gasteiger partial charge in [-0.2, -0.15) is 10.1 Å². The van der Waals surface area contributed by atoms with Crippen LogP contribution in [0.15, 0.2) is 111 Å². The van der Waals surface area contributed by atoms with Crippen molar-refractivity contribution < 1.29 is 19.8 Å². The van der Waals surface area contributed by atoms with Gasteiger partial charge in [0.15, 0.2) is 5.84 Å². The van der Waals surface area contributed by atoms with Crippen LogP contribution in [-0.2, 0) is 0 Å². The molecule has 2 aliphatic heterocycles. The van der Waals surface area contributed by atoms with E-state index in [1.165, 1.54) is 18.3 Å². The molecule has 8 nitrogen and oxygen atoms in total. The molecule has 0 fully saturated rings. The van der Waals surface area contributed by atoms with Crippen molar-refractivity contribution in [2.75, 3.05) is 0 Å². The number of nitrogens with zero attached hydrogens (tertiary/aromatic N) is 4. The predicted molar refractivity (Wildman–Crippen MR) is 122 cm³/mol. The highest BCUT2D eigenvalue weighted by Crippen LogP contribution is 2.31. The SMILES string of the molecule is O=C1N=C(N2C=CC(=C(O)c3ccccc3)C=C2)C(=CN=NC(=O)c2ccccc2O)S1. The van der Waals surface area contributed by atoms with Crippen LogP contribution >= 0.6 is 11.8 Å². The van der Waals surface area contributed by atoms with Gasteiger partial charge in [0.25, 0.3) is 5.91 Å². The van der Waals surface area contributed by atoms with Gasteiger partial charge in [0.05, 0.1) is 16.7 Å². The highest BCUT2D eigenvalue weighted by Gasteiger charge is 2.26. The van der Waals surface area contributed by atoms with Gasteiger partial charge in [-0.15, -0.1) is 5.11 Å². The van der Waals surface area contributed by atoms with Crippen LogP contribution < -0.4 is 0 Å². The highest BCUT2D eigenvalue weighted by atomic mass is 32.2. The maximum atomic E-state index is 12.1. The van der Waals surface area contributed by atoms with Crippen LogP contribution in [0.2, 0.25) is 0 Å².